The summed E-state index contributed by atoms with van der Waals surface area (Å²) in [6.07, 6.45) is 0. The molecule has 0 radical (unpaired) electrons. The van der Waals surface area contributed by atoms with E-state index in [1.165, 1.54) is 0 Å². The smallest absolute Gasteiger partial charge is 1.00 e. The maximum Gasteiger partial charge on any atom is 1.00 e. The maximum absolute atomic E-state index is 9.00. The molecule has 14 nitrogen and oxygen atoms in total. The Kier molecular flexibility index (Phi) is 173. The van der Waals surface area contributed by atoms with Gasteiger partial charge in [-0.1, -0.05) is 0 Å². The Morgan fingerprint density at radius 3 is 0.640 bits per heavy atom. The normalized spacial score (nSPS) is 5.20. The minimum absolute atomic E-state index is 0. The summed E-state index contributed by atoms with van der Waals surface area (Å²) in [5, 5.41) is 29.7. The minimum Gasteiger partial charge on any atom is -1.00 e. The summed E-state index contributed by atoms with van der Waals surface area (Å²) in [5.74, 6) is -3.33. The molecule has 0 saturated heterocycles. The summed E-state index contributed by atoms with van der Waals surface area (Å²) in [5.41, 5.74) is 9.81. The van der Waals surface area contributed by atoms with E-state index in [0.29, 0.717) is 13.1 Å². The SMILES string of the molecule is CC(=O)O.CC(=O)O.CC(=O)O.CC(=O)O.NCCN.O.O.O.O.[H-].[Na+]. The zero-order chi connectivity index (χ0) is 17.7. The molecule has 0 aromatic carbocycles. The molecule has 0 aliphatic heterocycles. The summed E-state index contributed by atoms with van der Waals surface area (Å²) in [4.78, 5) is 36.0. The molecule has 0 unspecified atom stereocenters. The Labute approximate surface area is 168 Å². The van der Waals surface area contributed by atoms with Crippen molar-refractivity contribution in [3.8, 4) is 0 Å². The fourth-order valence-electron chi connectivity index (χ4n) is 0. The van der Waals surface area contributed by atoms with E-state index in [4.69, 9.17) is 51.1 Å². The molecule has 0 spiro atoms. The number of rotatable bonds is 1. The van der Waals surface area contributed by atoms with Gasteiger partial charge in [0, 0.05) is 40.8 Å². The van der Waals surface area contributed by atoms with E-state index >= 15 is 0 Å². The molecule has 0 aromatic heterocycles. The minimum atomic E-state index is -0.833. The standard InChI is InChI=1S/C2H8N2.4C2H4O2.Na.4H2O.H/c3-1-2-4;4*1-2(3)4;;;;;;/h1-4H2;4*1H3,(H,3,4);;4*1H2;/q;;;;;+1;;;;;-1. The van der Waals surface area contributed by atoms with Crippen LogP contribution in [0.15, 0.2) is 0 Å². The summed E-state index contributed by atoms with van der Waals surface area (Å²) in [6, 6.07) is 0. The first-order valence-electron chi connectivity index (χ1n) is 5.03. The van der Waals surface area contributed by atoms with Crippen LogP contribution in [0.4, 0.5) is 0 Å². The van der Waals surface area contributed by atoms with E-state index in [9.17, 15) is 0 Å². The molecule has 0 aliphatic carbocycles. The van der Waals surface area contributed by atoms with Crippen LogP contribution in [0.25, 0.3) is 0 Å². The second-order valence-electron chi connectivity index (χ2n) is 2.65. The molecule has 25 heavy (non-hydrogen) atoms. The molecule has 0 bridgehead atoms. The number of carboxylic acid groups (broad SMARTS) is 4. The predicted octanol–water partition coefficient (Wildman–Crippen LogP) is -6.91. The van der Waals surface area contributed by atoms with Gasteiger partial charge in [-0.15, -0.1) is 0 Å². The van der Waals surface area contributed by atoms with Gasteiger partial charge in [0.05, 0.1) is 0 Å². The molecule has 0 atom stereocenters. The zero-order valence-electron chi connectivity index (χ0n) is 16.0. The Bertz CT molecular complexity index is 206. The average Bonchev–Trinajstić information content (AvgIpc) is 2.13. The van der Waals surface area contributed by atoms with Crippen LogP contribution >= 0.6 is 0 Å². The van der Waals surface area contributed by atoms with Crippen molar-refractivity contribution in [1.29, 1.82) is 0 Å². The van der Waals surface area contributed by atoms with E-state index in [0.717, 1.165) is 27.7 Å². The number of hydrogen-bond donors (Lipinski definition) is 6. The predicted molar refractivity (Wildman–Crippen MR) is 86.9 cm³/mol. The van der Waals surface area contributed by atoms with Crippen LogP contribution in [-0.2, 0) is 19.2 Å². The molecule has 16 N–H and O–H groups in total. The number of nitrogens with two attached hydrogens (primary N) is 2. The summed E-state index contributed by atoms with van der Waals surface area (Å²) in [6.45, 7) is 5.53. The topological polar surface area (TPSA) is 327 Å². The van der Waals surface area contributed by atoms with Crippen molar-refractivity contribution >= 4 is 23.9 Å². The third-order valence-electron chi connectivity index (χ3n) is 0.167. The van der Waals surface area contributed by atoms with Crippen LogP contribution in [0, 0.1) is 0 Å². The van der Waals surface area contributed by atoms with E-state index < -0.39 is 23.9 Å². The van der Waals surface area contributed by atoms with Crippen molar-refractivity contribution < 1.29 is 92.5 Å². The van der Waals surface area contributed by atoms with Gasteiger partial charge in [0.25, 0.3) is 23.9 Å². The van der Waals surface area contributed by atoms with Gasteiger partial charge in [0.2, 0.25) is 0 Å². The van der Waals surface area contributed by atoms with Crippen molar-refractivity contribution in [2.75, 3.05) is 13.1 Å². The molecular formula is C10H33N2NaO12. The van der Waals surface area contributed by atoms with E-state index in [1.807, 2.05) is 0 Å². The molecule has 0 saturated carbocycles. The number of hydrogen-bond acceptors (Lipinski definition) is 6. The van der Waals surface area contributed by atoms with Crippen LogP contribution in [0.2, 0.25) is 0 Å². The summed E-state index contributed by atoms with van der Waals surface area (Å²) >= 11 is 0. The Morgan fingerprint density at radius 1 is 0.600 bits per heavy atom. The van der Waals surface area contributed by atoms with Gasteiger partial charge >= 0.3 is 29.6 Å². The van der Waals surface area contributed by atoms with Crippen molar-refractivity contribution in [3.63, 3.8) is 0 Å². The van der Waals surface area contributed by atoms with E-state index in [2.05, 4.69) is 0 Å². The van der Waals surface area contributed by atoms with Gasteiger partial charge < -0.3 is 55.2 Å². The van der Waals surface area contributed by atoms with Crippen LogP contribution in [0.3, 0.4) is 0 Å². The Balaban J connectivity index is -0.0000000114. The van der Waals surface area contributed by atoms with Gasteiger partial charge in [0.15, 0.2) is 0 Å². The van der Waals surface area contributed by atoms with Crippen molar-refractivity contribution in [2.45, 2.75) is 27.7 Å². The first kappa shape index (κ1) is 65.1. The fraction of sp³-hybridized carbons (Fsp3) is 0.600. The van der Waals surface area contributed by atoms with Gasteiger partial charge in [-0.2, -0.15) is 0 Å². The molecule has 0 rings (SSSR count). The second-order valence-corrected chi connectivity index (χ2v) is 2.65. The van der Waals surface area contributed by atoms with Crippen LogP contribution < -0.4 is 41.0 Å². The second kappa shape index (κ2) is 66.4. The van der Waals surface area contributed by atoms with Crippen LogP contribution in [-0.4, -0.2) is 79.3 Å². The van der Waals surface area contributed by atoms with E-state index in [-0.39, 0.29) is 52.9 Å². The zero-order valence-corrected chi connectivity index (χ0v) is 17.0. The molecular weight excluding hydrogens is 363 g/mol. The summed E-state index contributed by atoms with van der Waals surface area (Å²) < 4.78 is 0. The van der Waals surface area contributed by atoms with Crippen molar-refractivity contribution in [3.05, 3.63) is 0 Å². The number of carboxylic acids is 4. The summed E-state index contributed by atoms with van der Waals surface area (Å²) in [7, 11) is 0. The van der Waals surface area contributed by atoms with Gasteiger partial charge in [-0.3, -0.25) is 19.2 Å². The Morgan fingerprint density at radius 2 is 0.640 bits per heavy atom. The molecule has 15 heteroatoms. The fourth-order valence-corrected chi connectivity index (χ4v) is 0. The number of carbonyl (C=O) groups is 4. The monoisotopic (exact) mass is 396 g/mol. The van der Waals surface area contributed by atoms with Gasteiger partial charge in [-0.05, 0) is 0 Å². The van der Waals surface area contributed by atoms with Gasteiger partial charge in [-0.25, -0.2) is 0 Å². The van der Waals surface area contributed by atoms with Crippen molar-refractivity contribution in [2.24, 2.45) is 11.5 Å². The van der Waals surface area contributed by atoms with E-state index in [1.54, 1.807) is 0 Å². The molecule has 0 fully saturated rings. The molecule has 0 aromatic rings. The first-order chi connectivity index (χ1) is 8.84. The molecule has 0 amide bonds. The Hall–Kier alpha value is -1.36. The van der Waals surface area contributed by atoms with Gasteiger partial charge in [0.1, 0.15) is 0 Å². The molecule has 156 valence electrons. The molecule has 0 heterocycles. The first-order valence-corrected chi connectivity index (χ1v) is 5.03. The maximum atomic E-state index is 9.00. The average molecular weight is 396 g/mol. The number of aliphatic carboxylic acids is 4. The van der Waals surface area contributed by atoms with Crippen molar-refractivity contribution in [1.82, 2.24) is 0 Å². The largest absolute Gasteiger partial charge is 1.00 e. The van der Waals surface area contributed by atoms with Crippen LogP contribution in [0.5, 0.6) is 0 Å². The third-order valence-corrected chi connectivity index (χ3v) is 0.167. The quantitative estimate of drug-likeness (QED) is 0.227. The van der Waals surface area contributed by atoms with Crippen LogP contribution in [0.1, 0.15) is 29.1 Å². The third kappa shape index (κ3) is 74400. The molecule has 0 aliphatic rings.